The Labute approximate surface area is 122 Å². The molecule has 0 radical (unpaired) electrons. The summed E-state index contributed by atoms with van der Waals surface area (Å²) in [4.78, 5) is 0. The van der Waals surface area contributed by atoms with Gasteiger partial charge in [0.05, 0.1) is 7.11 Å². The molecule has 0 aliphatic heterocycles. The van der Waals surface area contributed by atoms with E-state index in [1.807, 2.05) is 12.1 Å². The van der Waals surface area contributed by atoms with Gasteiger partial charge in [-0.15, -0.1) is 0 Å². The van der Waals surface area contributed by atoms with Crippen LogP contribution in [0.3, 0.4) is 0 Å². The van der Waals surface area contributed by atoms with Gasteiger partial charge in [0.25, 0.3) is 0 Å². The van der Waals surface area contributed by atoms with Gasteiger partial charge in [-0.1, -0.05) is 62.6 Å². The minimum absolute atomic E-state index is 0.904. The van der Waals surface area contributed by atoms with Crippen LogP contribution in [0.1, 0.15) is 38.2 Å². The van der Waals surface area contributed by atoms with Crippen LogP contribution in [0.15, 0.2) is 48.5 Å². The van der Waals surface area contributed by atoms with Crippen LogP contribution in [0.5, 0.6) is 5.75 Å². The summed E-state index contributed by atoms with van der Waals surface area (Å²) in [6.07, 6.45) is 6.50. The normalized spacial score (nSPS) is 10.5. The van der Waals surface area contributed by atoms with Crippen LogP contribution in [0.4, 0.5) is 0 Å². The van der Waals surface area contributed by atoms with E-state index in [0.29, 0.717) is 0 Å². The molecule has 0 aliphatic rings. The quantitative estimate of drug-likeness (QED) is 0.604. The lowest BCUT2D eigenvalue weighted by atomic mass is 10.0. The van der Waals surface area contributed by atoms with Crippen LogP contribution in [0.25, 0.3) is 11.1 Å². The maximum absolute atomic E-state index is 5.19. The van der Waals surface area contributed by atoms with Crippen molar-refractivity contribution in [3.05, 3.63) is 54.1 Å². The van der Waals surface area contributed by atoms with Crippen molar-refractivity contribution in [1.82, 2.24) is 0 Å². The SMILES string of the molecule is CCCCCCc1ccc(-c2ccc(OC)cc2)cc1. The van der Waals surface area contributed by atoms with Gasteiger partial charge in [-0.25, -0.2) is 0 Å². The van der Waals surface area contributed by atoms with Gasteiger partial charge >= 0.3 is 0 Å². The average Bonchev–Trinajstić information content (AvgIpc) is 2.52. The molecule has 0 unspecified atom stereocenters. The summed E-state index contributed by atoms with van der Waals surface area (Å²) in [6.45, 7) is 2.25. The Kier molecular flexibility index (Phi) is 5.67. The number of ether oxygens (including phenoxy) is 1. The van der Waals surface area contributed by atoms with Crippen molar-refractivity contribution < 1.29 is 4.74 Å². The number of hydrogen-bond acceptors (Lipinski definition) is 1. The van der Waals surface area contributed by atoms with E-state index in [9.17, 15) is 0 Å². The van der Waals surface area contributed by atoms with Crippen molar-refractivity contribution >= 4 is 0 Å². The first kappa shape index (κ1) is 14.6. The lowest BCUT2D eigenvalue weighted by molar-refractivity contribution is 0.415. The third-order valence-electron chi connectivity index (χ3n) is 3.70. The molecule has 0 heterocycles. The number of unbranched alkanes of at least 4 members (excludes halogenated alkanes) is 3. The highest BCUT2D eigenvalue weighted by molar-refractivity contribution is 5.64. The lowest BCUT2D eigenvalue weighted by Crippen LogP contribution is -1.87. The molecule has 106 valence electrons. The molecule has 2 rings (SSSR count). The summed E-state index contributed by atoms with van der Waals surface area (Å²) >= 11 is 0. The topological polar surface area (TPSA) is 9.23 Å². The molecule has 0 spiro atoms. The second kappa shape index (κ2) is 7.74. The van der Waals surface area contributed by atoms with Crippen molar-refractivity contribution in [3.8, 4) is 16.9 Å². The van der Waals surface area contributed by atoms with Gasteiger partial charge in [-0.2, -0.15) is 0 Å². The molecule has 0 saturated heterocycles. The molecule has 1 nitrogen and oxygen atoms in total. The second-order valence-corrected chi connectivity index (χ2v) is 5.24. The maximum atomic E-state index is 5.19. The molecular weight excluding hydrogens is 244 g/mol. The van der Waals surface area contributed by atoms with E-state index in [1.54, 1.807) is 7.11 Å². The molecule has 0 aromatic heterocycles. The van der Waals surface area contributed by atoms with E-state index < -0.39 is 0 Å². The number of benzene rings is 2. The number of rotatable bonds is 7. The highest BCUT2D eigenvalue weighted by Crippen LogP contribution is 2.23. The fourth-order valence-electron chi connectivity index (χ4n) is 2.40. The monoisotopic (exact) mass is 268 g/mol. The lowest BCUT2D eigenvalue weighted by Gasteiger charge is -2.06. The van der Waals surface area contributed by atoms with E-state index in [4.69, 9.17) is 4.74 Å². The zero-order chi connectivity index (χ0) is 14.2. The Morgan fingerprint density at radius 3 is 1.90 bits per heavy atom. The summed E-state index contributed by atoms with van der Waals surface area (Å²) in [7, 11) is 1.70. The highest BCUT2D eigenvalue weighted by Gasteiger charge is 1.99. The van der Waals surface area contributed by atoms with Crippen molar-refractivity contribution in [2.45, 2.75) is 39.0 Å². The molecule has 0 N–H and O–H groups in total. The van der Waals surface area contributed by atoms with Gasteiger partial charge in [0.1, 0.15) is 5.75 Å². The molecule has 0 bridgehead atoms. The minimum atomic E-state index is 0.904. The van der Waals surface area contributed by atoms with Crippen LogP contribution in [-0.2, 0) is 6.42 Å². The van der Waals surface area contributed by atoms with Crippen molar-refractivity contribution in [3.63, 3.8) is 0 Å². The first-order valence-electron chi connectivity index (χ1n) is 7.57. The summed E-state index contributed by atoms with van der Waals surface area (Å²) in [6, 6.07) is 17.2. The standard InChI is InChI=1S/C19H24O/c1-3-4-5-6-7-16-8-10-17(11-9-16)18-12-14-19(20-2)15-13-18/h8-15H,3-7H2,1-2H3. The van der Waals surface area contributed by atoms with Crippen LogP contribution < -0.4 is 4.74 Å². The predicted molar refractivity (Wildman–Crippen MR) is 86.3 cm³/mol. The van der Waals surface area contributed by atoms with Gasteiger partial charge in [-0.3, -0.25) is 0 Å². The predicted octanol–water partition coefficient (Wildman–Crippen LogP) is 5.49. The van der Waals surface area contributed by atoms with E-state index in [1.165, 1.54) is 48.8 Å². The average molecular weight is 268 g/mol. The summed E-state index contributed by atoms with van der Waals surface area (Å²) < 4.78 is 5.19. The molecule has 20 heavy (non-hydrogen) atoms. The fourth-order valence-corrected chi connectivity index (χ4v) is 2.40. The van der Waals surface area contributed by atoms with Crippen LogP contribution in [0.2, 0.25) is 0 Å². The second-order valence-electron chi connectivity index (χ2n) is 5.24. The Bertz CT molecular complexity index is 496. The smallest absolute Gasteiger partial charge is 0.118 e. The molecule has 0 saturated carbocycles. The van der Waals surface area contributed by atoms with Crippen LogP contribution >= 0.6 is 0 Å². The molecule has 2 aromatic carbocycles. The summed E-state index contributed by atoms with van der Waals surface area (Å²) in [5.74, 6) is 0.904. The molecule has 0 amide bonds. The van der Waals surface area contributed by atoms with Crippen molar-refractivity contribution in [2.24, 2.45) is 0 Å². The van der Waals surface area contributed by atoms with Gasteiger partial charge in [0.15, 0.2) is 0 Å². The van der Waals surface area contributed by atoms with E-state index >= 15 is 0 Å². The number of aryl methyl sites for hydroxylation is 1. The van der Waals surface area contributed by atoms with Gasteiger partial charge in [0.2, 0.25) is 0 Å². The minimum Gasteiger partial charge on any atom is -0.497 e. The third kappa shape index (κ3) is 4.12. The van der Waals surface area contributed by atoms with Crippen molar-refractivity contribution in [1.29, 1.82) is 0 Å². The third-order valence-corrected chi connectivity index (χ3v) is 3.70. The van der Waals surface area contributed by atoms with E-state index in [2.05, 4.69) is 43.3 Å². The van der Waals surface area contributed by atoms with Gasteiger partial charge in [0, 0.05) is 0 Å². The first-order chi connectivity index (χ1) is 9.83. The van der Waals surface area contributed by atoms with E-state index in [0.717, 1.165) is 5.75 Å². The van der Waals surface area contributed by atoms with Crippen LogP contribution in [-0.4, -0.2) is 7.11 Å². The molecule has 0 aliphatic carbocycles. The Morgan fingerprint density at radius 2 is 1.35 bits per heavy atom. The molecular formula is C19H24O. The Hall–Kier alpha value is -1.76. The largest absolute Gasteiger partial charge is 0.497 e. The molecule has 0 fully saturated rings. The Morgan fingerprint density at radius 1 is 0.750 bits per heavy atom. The summed E-state index contributed by atoms with van der Waals surface area (Å²) in [5, 5.41) is 0. The number of hydrogen-bond donors (Lipinski definition) is 0. The van der Waals surface area contributed by atoms with E-state index in [-0.39, 0.29) is 0 Å². The highest BCUT2D eigenvalue weighted by atomic mass is 16.5. The first-order valence-corrected chi connectivity index (χ1v) is 7.57. The Balaban J connectivity index is 1.96. The van der Waals surface area contributed by atoms with Gasteiger partial charge < -0.3 is 4.74 Å². The maximum Gasteiger partial charge on any atom is 0.118 e. The molecule has 1 heteroatoms. The molecule has 2 aromatic rings. The number of methoxy groups -OCH3 is 1. The molecule has 0 atom stereocenters. The fraction of sp³-hybridized carbons (Fsp3) is 0.368. The van der Waals surface area contributed by atoms with Crippen molar-refractivity contribution in [2.75, 3.05) is 7.11 Å². The van der Waals surface area contributed by atoms with Crippen LogP contribution in [0, 0.1) is 0 Å². The zero-order valence-corrected chi connectivity index (χ0v) is 12.6. The van der Waals surface area contributed by atoms with Gasteiger partial charge in [-0.05, 0) is 41.7 Å². The summed E-state index contributed by atoms with van der Waals surface area (Å²) in [5.41, 5.74) is 3.95. The zero-order valence-electron chi connectivity index (χ0n) is 12.6.